The lowest BCUT2D eigenvalue weighted by atomic mass is 9.81. The molecule has 0 aliphatic heterocycles. The predicted molar refractivity (Wildman–Crippen MR) is 91.1 cm³/mol. The highest BCUT2D eigenvalue weighted by atomic mass is 35.5. The number of hydrogen-bond donors (Lipinski definition) is 0. The normalized spacial score (nSPS) is 11.4. The van der Waals surface area contributed by atoms with Gasteiger partial charge in [-0.3, -0.25) is 0 Å². The Kier molecular flexibility index (Phi) is 6.22. The van der Waals surface area contributed by atoms with Crippen molar-refractivity contribution in [1.82, 2.24) is 0 Å². The number of benzene rings is 2. The predicted octanol–water partition coefficient (Wildman–Crippen LogP) is 5.52. The first-order chi connectivity index (χ1) is 10.2. The lowest BCUT2D eigenvalue weighted by molar-refractivity contribution is 0.275. The van der Waals surface area contributed by atoms with E-state index in [2.05, 4.69) is 0 Å². The van der Waals surface area contributed by atoms with Crippen LogP contribution in [0.4, 0.5) is 0 Å². The van der Waals surface area contributed by atoms with Gasteiger partial charge >= 0.3 is 0 Å². The molecule has 0 spiro atoms. The van der Waals surface area contributed by atoms with E-state index in [1.165, 1.54) is 0 Å². The number of ether oxygens (including phenoxy) is 1. The summed E-state index contributed by atoms with van der Waals surface area (Å²) in [6.07, 6.45) is 0.731. The van der Waals surface area contributed by atoms with Crippen LogP contribution in [0.2, 0.25) is 5.02 Å². The van der Waals surface area contributed by atoms with Crippen LogP contribution in [-0.2, 0) is 5.41 Å². The van der Waals surface area contributed by atoms with Gasteiger partial charge in [0.1, 0.15) is 5.75 Å². The number of hydrogen-bond acceptors (Lipinski definition) is 1. The smallest absolute Gasteiger partial charge is 0.119 e. The van der Waals surface area contributed by atoms with E-state index in [4.69, 9.17) is 39.5 Å². The second kappa shape index (κ2) is 7.93. The van der Waals surface area contributed by atoms with Gasteiger partial charge in [0.2, 0.25) is 0 Å². The summed E-state index contributed by atoms with van der Waals surface area (Å²) in [6, 6.07) is 17.4. The first kappa shape index (κ1) is 16.5. The van der Waals surface area contributed by atoms with E-state index in [0.717, 1.165) is 17.7 Å². The largest absolute Gasteiger partial charge is 0.494 e. The molecule has 0 fully saturated rings. The van der Waals surface area contributed by atoms with E-state index in [0.29, 0.717) is 23.4 Å². The third kappa shape index (κ3) is 4.29. The second-order valence-corrected chi connectivity index (χ2v) is 5.94. The first-order valence-electron chi connectivity index (χ1n) is 6.76. The van der Waals surface area contributed by atoms with Gasteiger partial charge < -0.3 is 4.74 Å². The quantitative estimate of drug-likeness (QED) is 0.601. The van der Waals surface area contributed by atoms with Gasteiger partial charge in [-0.25, -0.2) is 0 Å². The van der Waals surface area contributed by atoms with Gasteiger partial charge in [-0.05, 0) is 36.2 Å². The van der Waals surface area contributed by atoms with Crippen LogP contribution in [-0.4, -0.2) is 18.4 Å². The van der Waals surface area contributed by atoms with Crippen LogP contribution in [0.3, 0.4) is 0 Å². The zero-order chi connectivity index (χ0) is 15.1. The zero-order valence-electron chi connectivity index (χ0n) is 11.6. The summed E-state index contributed by atoms with van der Waals surface area (Å²) in [4.78, 5) is 0. The second-order valence-electron chi connectivity index (χ2n) is 4.97. The Hall–Kier alpha value is -0.890. The van der Waals surface area contributed by atoms with Gasteiger partial charge in [-0.15, -0.1) is 23.2 Å². The van der Waals surface area contributed by atoms with E-state index in [1.807, 2.05) is 54.6 Å². The highest BCUT2D eigenvalue weighted by molar-refractivity contribution is 6.30. The summed E-state index contributed by atoms with van der Waals surface area (Å²) < 4.78 is 5.77. The molecule has 21 heavy (non-hydrogen) atoms. The maximum Gasteiger partial charge on any atom is 0.119 e. The van der Waals surface area contributed by atoms with Crippen molar-refractivity contribution in [3.63, 3.8) is 0 Å². The van der Waals surface area contributed by atoms with Crippen molar-refractivity contribution in [3.8, 4) is 5.75 Å². The molecule has 0 unspecified atom stereocenters. The van der Waals surface area contributed by atoms with Crippen molar-refractivity contribution in [1.29, 1.82) is 0 Å². The average molecular weight is 344 g/mol. The Morgan fingerprint density at radius 1 is 0.905 bits per heavy atom. The van der Waals surface area contributed by atoms with Crippen LogP contribution in [0.15, 0.2) is 54.6 Å². The molecule has 0 aliphatic carbocycles. The molecule has 0 radical (unpaired) electrons. The first-order valence-corrected chi connectivity index (χ1v) is 8.21. The molecule has 0 bridgehead atoms. The molecule has 2 rings (SSSR count). The summed E-state index contributed by atoms with van der Waals surface area (Å²) in [5.74, 6) is 1.70. The van der Waals surface area contributed by atoms with Gasteiger partial charge in [0.25, 0.3) is 0 Å². The minimum absolute atomic E-state index is 0.331. The molecule has 112 valence electrons. The number of alkyl halides is 2. The van der Waals surface area contributed by atoms with Crippen molar-refractivity contribution in [2.45, 2.75) is 11.8 Å². The van der Waals surface area contributed by atoms with Crippen molar-refractivity contribution in [2.75, 3.05) is 18.4 Å². The fraction of sp³-hybridized carbons (Fsp3) is 0.294. The Balaban J connectivity index is 2.08. The van der Waals surface area contributed by atoms with Crippen LogP contribution < -0.4 is 4.74 Å². The van der Waals surface area contributed by atoms with Gasteiger partial charge in [0.15, 0.2) is 0 Å². The maximum absolute atomic E-state index is 6.21. The Morgan fingerprint density at radius 2 is 1.62 bits per heavy atom. The molecule has 0 amide bonds. The SMILES string of the molecule is ClCC(CCl)(CCOc1ccccc1)c1cccc(Cl)c1. The molecule has 0 aliphatic rings. The lowest BCUT2D eigenvalue weighted by Crippen LogP contribution is -2.32. The van der Waals surface area contributed by atoms with Crippen LogP contribution in [0.25, 0.3) is 0 Å². The minimum atomic E-state index is -0.331. The Morgan fingerprint density at radius 3 is 2.24 bits per heavy atom. The molecule has 0 saturated carbocycles. The number of rotatable bonds is 7. The van der Waals surface area contributed by atoms with Crippen molar-refractivity contribution < 1.29 is 4.74 Å². The lowest BCUT2D eigenvalue weighted by Gasteiger charge is -2.30. The van der Waals surface area contributed by atoms with Gasteiger partial charge in [-0.1, -0.05) is 41.9 Å². The molecule has 4 heteroatoms. The summed E-state index contributed by atoms with van der Waals surface area (Å²) in [5, 5.41) is 0.691. The average Bonchev–Trinajstić information content (AvgIpc) is 2.53. The van der Waals surface area contributed by atoms with Crippen LogP contribution in [0.1, 0.15) is 12.0 Å². The van der Waals surface area contributed by atoms with Gasteiger partial charge in [0.05, 0.1) is 6.61 Å². The molecule has 1 nitrogen and oxygen atoms in total. The number of halogens is 3. The van der Waals surface area contributed by atoms with Crippen LogP contribution in [0, 0.1) is 0 Å². The fourth-order valence-corrected chi connectivity index (χ4v) is 3.22. The van der Waals surface area contributed by atoms with Crippen molar-refractivity contribution in [2.24, 2.45) is 0 Å². The molecule has 0 atom stereocenters. The van der Waals surface area contributed by atoms with Gasteiger partial charge in [-0.2, -0.15) is 0 Å². The van der Waals surface area contributed by atoms with Crippen molar-refractivity contribution >= 4 is 34.8 Å². The van der Waals surface area contributed by atoms with E-state index in [1.54, 1.807) is 0 Å². The van der Waals surface area contributed by atoms with Crippen LogP contribution in [0.5, 0.6) is 5.75 Å². The molecule has 2 aromatic rings. The number of para-hydroxylation sites is 1. The summed E-state index contributed by atoms with van der Waals surface area (Å²) >= 11 is 18.5. The van der Waals surface area contributed by atoms with E-state index < -0.39 is 0 Å². The molecule has 0 saturated heterocycles. The molecule has 0 aromatic heterocycles. The van der Waals surface area contributed by atoms with Crippen molar-refractivity contribution in [3.05, 3.63) is 65.2 Å². The zero-order valence-corrected chi connectivity index (χ0v) is 13.8. The Bertz CT molecular complexity index is 553. The third-order valence-electron chi connectivity index (χ3n) is 3.54. The maximum atomic E-state index is 6.21. The minimum Gasteiger partial charge on any atom is -0.494 e. The summed E-state index contributed by atoms with van der Waals surface area (Å²) in [7, 11) is 0. The monoisotopic (exact) mass is 342 g/mol. The molecule has 0 heterocycles. The Labute approximate surface area is 140 Å². The highest BCUT2D eigenvalue weighted by Gasteiger charge is 2.30. The topological polar surface area (TPSA) is 9.23 Å². The van der Waals surface area contributed by atoms with E-state index >= 15 is 0 Å². The summed E-state index contributed by atoms with van der Waals surface area (Å²) in [6.45, 7) is 0.552. The van der Waals surface area contributed by atoms with E-state index in [-0.39, 0.29) is 5.41 Å². The van der Waals surface area contributed by atoms with E-state index in [9.17, 15) is 0 Å². The molecular formula is C17H17Cl3O. The summed E-state index contributed by atoms with van der Waals surface area (Å²) in [5.41, 5.74) is 0.722. The fourth-order valence-electron chi connectivity index (χ4n) is 2.17. The highest BCUT2D eigenvalue weighted by Crippen LogP contribution is 2.33. The van der Waals surface area contributed by atoms with Crippen LogP contribution >= 0.6 is 34.8 Å². The third-order valence-corrected chi connectivity index (χ3v) is 4.80. The molecular weight excluding hydrogens is 327 g/mol. The molecule has 0 N–H and O–H groups in total. The molecule has 2 aromatic carbocycles. The van der Waals surface area contributed by atoms with Gasteiger partial charge in [0, 0.05) is 22.2 Å². The standard InChI is InChI=1S/C17H17Cl3O/c18-12-17(13-19,14-5-4-6-15(20)11-14)9-10-21-16-7-2-1-3-8-16/h1-8,11H,9-10,12-13H2.